The predicted molar refractivity (Wildman–Crippen MR) is 58.6 cm³/mol. The van der Waals surface area contributed by atoms with Crippen molar-refractivity contribution in [1.29, 1.82) is 0 Å². The summed E-state index contributed by atoms with van der Waals surface area (Å²) in [5, 5.41) is 10.3. The van der Waals surface area contributed by atoms with Crippen molar-refractivity contribution < 1.29 is 4.74 Å². The van der Waals surface area contributed by atoms with Crippen molar-refractivity contribution in [2.75, 3.05) is 19.8 Å². The topological polar surface area (TPSA) is 49.9 Å². The van der Waals surface area contributed by atoms with Gasteiger partial charge in [-0.05, 0) is 18.9 Å². The van der Waals surface area contributed by atoms with Crippen molar-refractivity contribution >= 4 is 0 Å². The van der Waals surface area contributed by atoms with E-state index < -0.39 is 0 Å². The van der Waals surface area contributed by atoms with Gasteiger partial charge in [0, 0.05) is 24.3 Å². The number of hydrogen-bond donors (Lipinski definition) is 2. The van der Waals surface area contributed by atoms with Crippen LogP contribution in [0.2, 0.25) is 0 Å². The normalized spacial score (nSPS) is 16.5. The highest BCUT2D eigenvalue weighted by Gasteiger charge is 2.04. The van der Waals surface area contributed by atoms with Gasteiger partial charge in [0.25, 0.3) is 0 Å². The molecule has 2 rings (SSSR count). The van der Waals surface area contributed by atoms with Crippen LogP contribution in [0.4, 0.5) is 0 Å². The zero-order valence-electron chi connectivity index (χ0n) is 9.05. The van der Waals surface area contributed by atoms with Gasteiger partial charge in [-0.2, -0.15) is 5.10 Å². The number of H-pyrrole nitrogens is 1. The fraction of sp³-hybridized carbons (Fsp3) is 0.545. The van der Waals surface area contributed by atoms with Crippen LogP contribution in [0.25, 0.3) is 0 Å². The first-order valence-electron chi connectivity index (χ1n) is 5.31. The molecule has 1 aromatic rings. The van der Waals surface area contributed by atoms with E-state index in [0.717, 1.165) is 38.4 Å². The van der Waals surface area contributed by atoms with Crippen LogP contribution < -0.4 is 5.32 Å². The number of nitrogens with one attached hydrogen (secondary N) is 2. The molecule has 4 nitrogen and oxygen atoms in total. The first kappa shape index (κ1) is 10.4. The molecule has 0 unspecified atom stereocenters. The lowest BCUT2D eigenvalue weighted by Crippen LogP contribution is -2.21. The number of aryl methyl sites for hydroxylation is 1. The summed E-state index contributed by atoms with van der Waals surface area (Å²) < 4.78 is 5.37. The van der Waals surface area contributed by atoms with Gasteiger partial charge in [-0.3, -0.25) is 5.10 Å². The molecule has 0 atom stereocenters. The van der Waals surface area contributed by atoms with Crippen molar-refractivity contribution in [3.05, 3.63) is 29.1 Å². The van der Waals surface area contributed by atoms with Gasteiger partial charge in [-0.1, -0.05) is 6.08 Å². The average Bonchev–Trinajstić information content (AvgIpc) is 2.66. The Labute approximate surface area is 89.7 Å². The molecule has 0 aliphatic carbocycles. The van der Waals surface area contributed by atoms with E-state index in [0.29, 0.717) is 0 Å². The van der Waals surface area contributed by atoms with Crippen LogP contribution in [-0.2, 0) is 11.3 Å². The number of nitrogens with zero attached hydrogens (tertiary/aromatic N) is 1. The summed E-state index contributed by atoms with van der Waals surface area (Å²) in [4.78, 5) is 0. The summed E-state index contributed by atoms with van der Waals surface area (Å²) in [5.41, 5.74) is 3.71. The highest BCUT2D eigenvalue weighted by molar-refractivity contribution is 5.14. The molecular weight excluding hydrogens is 190 g/mol. The first-order chi connectivity index (χ1) is 7.36. The van der Waals surface area contributed by atoms with Crippen molar-refractivity contribution in [2.45, 2.75) is 19.9 Å². The second-order valence-electron chi connectivity index (χ2n) is 3.83. The molecule has 0 fully saturated rings. The maximum Gasteiger partial charge on any atom is 0.0689 e. The summed E-state index contributed by atoms with van der Waals surface area (Å²) >= 11 is 0. The van der Waals surface area contributed by atoms with Crippen molar-refractivity contribution in [3.63, 3.8) is 0 Å². The van der Waals surface area contributed by atoms with E-state index in [-0.39, 0.29) is 0 Å². The molecule has 0 saturated heterocycles. The van der Waals surface area contributed by atoms with Gasteiger partial charge in [0.05, 0.1) is 19.4 Å². The molecule has 4 heteroatoms. The van der Waals surface area contributed by atoms with Gasteiger partial charge in [0.1, 0.15) is 0 Å². The zero-order chi connectivity index (χ0) is 10.5. The van der Waals surface area contributed by atoms with E-state index in [9.17, 15) is 0 Å². The summed E-state index contributed by atoms with van der Waals surface area (Å²) in [6.45, 7) is 5.44. The highest BCUT2D eigenvalue weighted by Crippen LogP contribution is 2.05. The minimum Gasteiger partial charge on any atom is -0.377 e. The van der Waals surface area contributed by atoms with E-state index in [2.05, 4.69) is 21.6 Å². The van der Waals surface area contributed by atoms with Gasteiger partial charge >= 0.3 is 0 Å². The Morgan fingerprint density at radius 3 is 3.13 bits per heavy atom. The molecule has 0 amide bonds. The Balaban J connectivity index is 1.75. The van der Waals surface area contributed by atoms with Crippen LogP contribution >= 0.6 is 0 Å². The molecule has 1 aromatic heterocycles. The second-order valence-corrected chi connectivity index (χ2v) is 3.83. The number of hydrogen-bond acceptors (Lipinski definition) is 3. The van der Waals surface area contributed by atoms with Crippen LogP contribution in [0, 0.1) is 6.92 Å². The molecule has 1 aliphatic rings. The predicted octanol–water partition coefficient (Wildman–Crippen LogP) is 1.15. The maximum atomic E-state index is 5.37. The van der Waals surface area contributed by atoms with Crippen molar-refractivity contribution in [1.82, 2.24) is 15.5 Å². The van der Waals surface area contributed by atoms with Crippen LogP contribution in [0.1, 0.15) is 17.7 Å². The summed E-state index contributed by atoms with van der Waals surface area (Å²) in [6.07, 6.45) is 5.18. The molecule has 0 spiro atoms. The van der Waals surface area contributed by atoms with Gasteiger partial charge in [-0.15, -0.1) is 0 Å². The largest absolute Gasteiger partial charge is 0.377 e. The lowest BCUT2D eigenvalue weighted by molar-refractivity contribution is 0.149. The second kappa shape index (κ2) is 5.09. The molecule has 0 radical (unpaired) electrons. The van der Waals surface area contributed by atoms with Crippen LogP contribution in [0.3, 0.4) is 0 Å². The Bertz CT molecular complexity index is 343. The third-order valence-electron chi connectivity index (χ3n) is 2.58. The highest BCUT2D eigenvalue weighted by atomic mass is 16.5. The lowest BCUT2D eigenvalue weighted by Gasteiger charge is -2.14. The Morgan fingerprint density at radius 2 is 2.47 bits per heavy atom. The van der Waals surface area contributed by atoms with E-state index >= 15 is 0 Å². The minimum atomic E-state index is 0.775. The summed E-state index contributed by atoms with van der Waals surface area (Å²) in [5.74, 6) is 0. The van der Waals surface area contributed by atoms with Gasteiger partial charge < -0.3 is 10.1 Å². The van der Waals surface area contributed by atoms with Gasteiger partial charge in [0.2, 0.25) is 0 Å². The van der Waals surface area contributed by atoms with E-state index in [1.807, 2.05) is 13.1 Å². The number of aromatic amines is 1. The van der Waals surface area contributed by atoms with Crippen LogP contribution in [-0.4, -0.2) is 30.0 Å². The maximum absolute atomic E-state index is 5.37. The standard InChI is InChI=1S/C11H17N3O/c1-9-11(7-13-14-9)6-12-5-10-3-2-4-15-8-10/h3,7,12H,2,4-6,8H2,1H3,(H,13,14). The average molecular weight is 207 g/mol. The summed E-state index contributed by atoms with van der Waals surface area (Å²) in [6, 6.07) is 0. The Morgan fingerprint density at radius 1 is 1.53 bits per heavy atom. The zero-order valence-corrected chi connectivity index (χ0v) is 9.05. The molecule has 2 N–H and O–H groups in total. The van der Waals surface area contributed by atoms with Crippen LogP contribution in [0.15, 0.2) is 17.8 Å². The van der Waals surface area contributed by atoms with E-state index in [1.165, 1.54) is 11.1 Å². The van der Waals surface area contributed by atoms with E-state index in [4.69, 9.17) is 4.74 Å². The third-order valence-corrected chi connectivity index (χ3v) is 2.58. The fourth-order valence-electron chi connectivity index (χ4n) is 1.64. The molecule has 0 aromatic carbocycles. The number of ether oxygens (including phenoxy) is 1. The smallest absolute Gasteiger partial charge is 0.0689 e. The molecule has 82 valence electrons. The SMILES string of the molecule is Cc1[nH]ncc1CNCC1=CCCOC1. The Hall–Kier alpha value is -1.13. The quantitative estimate of drug-likeness (QED) is 0.728. The third kappa shape index (κ3) is 2.91. The molecule has 15 heavy (non-hydrogen) atoms. The molecule has 1 aliphatic heterocycles. The monoisotopic (exact) mass is 207 g/mol. The minimum absolute atomic E-state index is 0.775. The molecule has 0 bridgehead atoms. The van der Waals surface area contributed by atoms with Gasteiger partial charge in [0.15, 0.2) is 0 Å². The molecule has 2 heterocycles. The number of aromatic nitrogens is 2. The first-order valence-corrected chi connectivity index (χ1v) is 5.31. The van der Waals surface area contributed by atoms with E-state index in [1.54, 1.807) is 0 Å². The fourth-order valence-corrected chi connectivity index (χ4v) is 1.64. The van der Waals surface area contributed by atoms with Crippen LogP contribution in [0.5, 0.6) is 0 Å². The van der Waals surface area contributed by atoms with Crippen molar-refractivity contribution in [2.24, 2.45) is 0 Å². The summed E-state index contributed by atoms with van der Waals surface area (Å²) in [7, 11) is 0. The van der Waals surface area contributed by atoms with Crippen molar-refractivity contribution in [3.8, 4) is 0 Å². The number of rotatable bonds is 4. The Kier molecular flexibility index (Phi) is 3.53. The molecule has 0 saturated carbocycles. The lowest BCUT2D eigenvalue weighted by atomic mass is 10.2. The van der Waals surface area contributed by atoms with Gasteiger partial charge in [-0.25, -0.2) is 0 Å². The molecular formula is C11H17N3O.